The van der Waals surface area contributed by atoms with Crippen LogP contribution in [0.4, 0.5) is 11.4 Å². The van der Waals surface area contributed by atoms with Crippen molar-refractivity contribution in [2.45, 2.75) is 31.1 Å². The van der Waals surface area contributed by atoms with E-state index in [4.69, 9.17) is 0 Å². The summed E-state index contributed by atoms with van der Waals surface area (Å²) >= 11 is 0. The van der Waals surface area contributed by atoms with Crippen LogP contribution < -0.4 is 5.32 Å². The first-order chi connectivity index (χ1) is 13.3. The lowest BCUT2D eigenvalue weighted by Crippen LogP contribution is -2.36. The van der Waals surface area contributed by atoms with Crippen LogP contribution in [0.1, 0.15) is 35.2 Å². The van der Waals surface area contributed by atoms with E-state index in [0.717, 1.165) is 19.3 Å². The highest BCUT2D eigenvalue weighted by Crippen LogP contribution is 2.27. The first-order valence-corrected chi connectivity index (χ1v) is 10.4. The van der Waals surface area contributed by atoms with Gasteiger partial charge in [0.25, 0.3) is 11.6 Å². The predicted octanol–water partition coefficient (Wildman–Crippen LogP) is 3.33. The zero-order chi connectivity index (χ0) is 20.3. The summed E-state index contributed by atoms with van der Waals surface area (Å²) < 4.78 is 27.4. The van der Waals surface area contributed by atoms with Crippen LogP contribution in [0.15, 0.2) is 47.4 Å². The van der Waals surface area contributed by atoms with E-state index in [0.29, 0.717) is 18.7 Å². The van der Waals surface area contributed by atoms with Crippen molar-refractivity contribution in [3.8, 4) is 0 Å². The number of benzene rings is 2. The van der Waals surface area contributed by atoms with Gasteiger partial charge < -0.3 is 5.32 Å². The van der Waals surface area contributed by atoms with Crippen molar-refractivity contribution in [3.63, 3.8) is 0 Å². The molecule has 0 spiro atoms. The minimum Gasteiger partial charge on any atom is -0.321 e. The molecule has 8 nitrogen and oxygen atoms in total. The fourth-order valence-electron chi connectivity index (χ4n) is 3.18. The summed E-state index contributed by atoms with van der Waals surface area (Å²) in [6.45, 7) is 2.49. The third-order valence-electron chi connectivity index (χ3n) is 4.74. The van der Waals surface area contributed by atoms with E-state index >= 15 is 0 Å². The van der Waals surface area contributed by atoms with Crippen LogP contribution >= 0.6 is 0 Å². The number of piperidine rings is 1. The second-order valence-corrected chi connectivity index (χ2v) is 8.58. The molecule has 1 fully saturated rings. The van der Waals surface area contributed by atoms with Crippen LogP contribution in [0.25, 0.3) is 0 Å². The Morgan fingerprint density at radius 3 is 2.46 bits per heavy atom. The topological polar surface area (TPSA) is 110 Å². The molecule has 1 aliphatic heterocycles. The summed E-state index contributed by atoms with van der Waals surface area (Å²) in [7, 11) is -3.74. The van der Waals surface area contributed by atoms with Crippen molar-refractivity contribution in [2.24, 2.45) is 0 Å². The number of carbonyl (C=O) groups is 1. The molecule has 28 heavy (non-hydrogen) atoms. The molecule has 0 atom stereocenters. The van der Waals surface area contributed by atoms with Crippen molar-refractivity contribution in [1.82, 2.24) is 4.31 Å². The number of hydrogen-bond acceptors (Lipinski definition) is 5. The minimum absolute atomic E-state index is 0.0202. The van der Waals surface area contributed by atoms with Gasteiger partial charge in [-0.15, -0.1) is 0 Å². The van der Waals surface area contributed by atoms with Gasteiger partial charge in [-0.2, -0.15) is 4.31 Å². The first kappa shape index (κ1) is 20.0. The zero-order valence-corrected chi connectivity index (χ0v) is 16.2. The Balaban J connectivity index is 1.91. The third kappa shape index (κ3) is 4.05. The second-order valence-electron chi connectivity index (χ2n) is 6.67. The number of amides is 1. The molecule has 148 valence electrons. The maximum atomic E-state index is 13.0. The average Bonchev–Trinajstić information content (AvgIpc) is 2.69. The molecule has 9 heteroatoms. The zero-order valence-electron chi connectivity index (χ0n) is 15.4. The Morgan fingerprint density at radius 1 is 1.11 bits per heavy atom. The molecule has 1 aliphatic rings. The summed E-state index contributed by atoms with van der Waals surface area (Å²) in [5.41, 5.74) is 0.514. The molecule has 0 aromatic heterocycles. The molecule has 2 aromatic carbocycles. The fourth-order valence-corrected chi connectivity index (χ4v) is 4.85. The number of sulfonamides is 1. The lowest BCUT2D eigenvalue weighted by Gasteiger charge is -2.26. The smallest absolute Gasteiger partial charge is 0.273 e. The molecule has 1 amide bonds. The lowest BCUT2D eigenvalue weighted by atomic mass is 10.1. The highest BCUT2D eigenvalue weighted by atomic mass is 32.2. The van der Waals surface area contributed by atoms with Crippen LogP contribution in [0, 0.1) is 17.0 Å². The number of carbonyl (C=O) groups excluding carboxylic acids is 1. The molecule has 0 unspecified atom stereocenters. The Hall–Kier alpha value is -2.78. The maximum absolute atomic E-state index is 13.0. The Labute approximate surface area is 163 Å². The summed E-state index contributed by atoms with van der Waals surface area (Å²) in [4.78, 5) is 23.2. The molecule has 1 N–H and O–H groups in total. The Kier molecular flexibility index (Phi) is 5.76. The minimum atomic E-state index is -3.74. The van der Waals surface area contributed by atoms with Crippen molar-refractivity contribution in [1.29, 1.82) is 0 Å². The van der Waals surface area contributed by atoms with E-state index in [1.807, 2.05) is 0 Å². The number of nitrogens with one attached hydrogen (secondary N) is 1. The number of anilines is 1. The molecular formula is C19H21N3O5S. The van der Waals surface area contributed by atoms with Crippen LogP contribution in [-0.4, -0.2) is 36.6 Å². The van der Waals surface area contributed by atoms with Gasteiger partial charge in [0.1, 0.15) is 4.90 Å². The van der Waals surface area contributed by atoms with Crippen molar-refractivity contribution < 1.29 is 18.1 Å². The summed E-state index contributed by atoms with van der Waals surface area (Å²) in [6, 6.07) is 10.3. The van der Waals surface area contributed by atoms with E-state index < -0.39 is 20.9 Å². The highest BCUT2D eigenvalue weighted by molar-refractivity contribution is 7.89. The number of nitro benzene ring substituents is 1. The van der Waals surface area contributed by atoms with Gasteiger partial charge in [-0.3, -0.25) is 14.9 Å². The lowest BCUT2D eigenvalue weighted by molar-refractivity contribution is -0.385. The predicted molar refractivity (Wildman–Crippen MR) is 105 cm³/mol. The molecule has 0 bridgehead atoms. The SMILES string of the molecule is Cc1ccc(C(=O)Nc2ccccc2S(=O)(=O)N2CCCCC2)cc1[N+](=O)[O-]. The fraction of sp³-hybridized carbons (Fsp3) is 0.316. The normalized spacial score (nSPS) is 15.2. The molecule has 1 heterocycles. The number of rotatable bonds is 5. The second kappa shape index (κ2) is 8.07. The van der Waals surface area contributed by atoms with E-state index in [2.05, 4.69) is 5.32 Å². The summed E-state index contributed by atoms with van der Waals surface area (Å²) in [5.74, 6) is -0.607. The van der Waals surface area contributed by atoms with Gasteiger partial charge in [0.15, 0.2) is 0 Å². The number of para-hydroxylation sites is 1. The molecule has 0 aliphatic carbocycles. The van der Waals surface area contributed by atoms with E-state index in [-0.39, 0.29) is 21.8 Å². The molecule has 0 saturated carbocycles. The number of nitrogens with zero attached hydrogens (tertiary/aromatic N) is 2. The van der Waals surface area contributed by atoms with Gasteiger partial charge >= 0.3 is 0 Å². The third-order valence-corrected chi connectivity index (χ3v) is 6.69. The Morgan fingerprint density at radius 2 is 1.79 bits per heavy atom. The van der Waals surface area contributed by atoms with Gasteiger partial charge in [-0.1, -0.05) is 24.6 Å². The maximum Gasteiger partial charge on any atom is 0.273 e. The van der Waals surface area contributed by atoms with E-state index in [1.165, 1.54) is 34.6 Å². The van der Waals surface area contributed by atoms with Gasteiger partial charge in [-0.25, -0.2) is 8.42 Å². The molecule has 2 aromatic rings. The van der Waals surface area contributed by atoms with Crippen LogP contribution in [0.2, 0.25) is 0 Å². The van der Waals surface area contributed by atoms with Crippen LogP contribution in [0.3, 0.4) is 0 Å². The monoisotopic (exact) mass is 403 g/mol. The first-order valence-electron chi connectivity index (χ1n) is 8.96. The molecule has 0 radical (unpaired) electrons. The number of hydrogen-bond donors (Lipinski definition) is 1. The number of aryl methyl sites for hydroxylation is 1. The van der Waals surface area contributed by atoms with Gasteiger partial charge in [0, 0.05) is 30.3 Å². The summed E-state index contributed by atoms with van der Waals surface area (Å²) in [5, 5.41) is 13.7. The van der Waals surface area contributed by atoms with Crippen molar-refractivity contribution in [2.75, 3.05) is 18.4 Å². The van der Waals surface area contributed by atoms with Crippen molar-refractivity contribution >= 4 is 27.3 Å². The van der Waals surface area contributed by atoms with Crippen molar-refractivity contribution in [3.05, 3.63) is 63.7 Å². The van der Waals surface area contributed by atoms with Gasteiger partial charge in [-0.05, 0) is 38.0 Å². The number of nitro groups is 1. The molecule has 3 rings (SSSR count). The highest BCUT2D eigenvalue weighted by Gasteiger charge is 2.28. The van der Waals surface area contributed by atoms with Crippen LogP contribution in [0.5, 0.6) is 0 Å². The summed E-state index contributed by atoms with van der Waals surface area (Å²) in [6.07, 6.45) is 2.61. The average molecular weight is 403 g/mol. The molecular weight excluding hydrogens is 382 g/mol. The standard InChI is InChI=1S/C19H21N3O5S/c1-14-9-10-15(13-17(14)22(24)25)19(23)20-16-7-3-4-8-18(16)28(26,27)21-11-5-2-6-12-21/h3-4,7-10,13H,2,5-6,11-12H2,1H3,(H,20,23). The van der Waals surface area contributed by atoms with Gasteiger partial charge in [0.2, 0.25) is 10.0 Å². The van der Waals surface area contributed by atoms with E-state index in [1.54, 1.807) is 19.1 Å². The quantitative estimate of drug-likeness (QED) is 0.608. The van der Waals surface area contributed by atoms with Crippen LogP contribution in [-0.2, 0) is 10.0 Å². The van der Waals surface area contributed by atoms with E-state index in [9.17, 15) is 23.3 Å². The molecule has 1 saturated heterocycles. The largest absolute Gasteiger partial charge is 0.321 e. The Bertz CT molecular complexity index is 1010. The van der Waals surface area contributed by atoms with Gasteiger partial charge in [0.05, 0.1) is 10.6 Å².